The number of halogens is 2. The molecule has 0 aliphatic heterocycles. The molecule has 0 spiro atoms. The highest BCUT2D eigenvalue weighted by atomic mass is 35.5. The van der Waals surface area contributed by atoms with E-state index in [-0.39, 0.29) is 0 Å². The topological polar surface area (TPSA) is 34.2 Å². The number of rotatable bonds is 5. The van der Waals surface area contributed by atoms with Gasteiger partial charge in [-0.05, 0) is 43.3 Å². The Bertz CT molecular complexity index is 602. The largest absolute Gasteiger partial charge is 0.439 e. The zero-order valence-corrected chi connectivity index (χ0v) is 12.9. The second-order valence-corrected chi connectivity index (χ2v) is 5.19. The number of hydrogen-bond donors (Lipinski definition) is 1. The lowest BCUT2D eigenvalue weighted by atomic mass is 10.2. The number of hydrogen-bond acceptors (Lipinski definition) is 3. The van der Waals surface area contributed by atoms with Gasteiger partial charge in [-0.2, -0.15) is 0 Å². The summed E-state index contributed by atoms with van der Waals surface area (Å²) in [7, 11) is 0. The molecule has 0 atom stereocenters. The molecule has 1 heterocycles. The minimum atomic E-state index is 0.518. The van der Waals surface area contributed by atoms with Crippen LogP contribution in [0.15, 0.2) is 30.3 Å². The summed E-state index contributed by atoms with van der Waals surface area (Å²) in [6.45, 7) is 5.44. The van der Waals surface area contributed by atoms with Crippen molar-refractivity contribution >= 4 is 23.2 Å². The second-order valence-electron chi connectivity index (χ2n) is 4.37. The molecule has 0 aliphatic carbocycles. The molecule has 1 aromatic heterocycles. The van der Waals surface area contributed by atoms with E-state index in [1.54, 1.807) is 12.1 Å². The lowest BCUT2D eigenvalue weighted by molar-refractivity contribution is 0.459. The van der Waals surface area contributed by atoms with Gasteiger partial charge < -0.3 is 10.1 Å². The fourth-order valence-corrected chi connectivity index (χ4v) is 1.98. The van der Waals surface area contributed by atoms with Crippen LogP contribution in [0.2, 0.25) is 10.0 Å². The van der Waals surface area contributed by atoms with Gasteiger partial charge in [0.05, 0.1) is 10.7 Å². The summed E-state index contributed by atoms with van der Waals surface area (Å²) < 4.78 is 5.73. The molecule has 0 aliphatic rings. The molecular weight excluding hydrogens is 295 g/mol. The number of nitrogens with one attached hydrogen (secondary N) is 1. The molecule has 1 aromatic carbocycles. The van der Waals surface area contributed by atoms with Gasteiger partial charge >= 0.3 is 0 Å². The summed E-state index contributed by atoms with van der Waals surface area (Å²) in [5.41, 5.74) is 1.74. The molecule has 1 N–H and O–H groups in total. The van der Waals surface area contributed by atoms with Gasteiger partial charge in [0.1, 0.15) is 5.75 Å². The van der Waals surface area contributed by atoms with E-state index in [4.69, 9.17) is 27.9 Å². The Morgan fingerprint density at radius 3 is 2.60 bits per heavy atom. The zero-order valence-electron chi connectivity index (χ0n) is 11.4. The third kappa shape index (κ3) is 3.85. The Morgan fingerprint density at radius 2 is 1.90 bits per heavy atom. The number of nitrogens with zero attached hydrogens (tertiary/aromatic N) is 1. The van der Waals surface area contributed by atoms with Gasteiger partial charge in [0.15, 0.2) is 0 Å². The first-order valence-electron chi connectivity index (χ1n) is 6.40. The molecule has 20 heavy (non-hydrogen) atoms. The SMILES string of the molecule is CCNCc1nc(Oc2ccc(Cl)c(C)c2)ccc1Cl. The Balaban J connectivity index is 2.18. The van der Waals surface area contributed by atoms with Crippen molar-refractivity contribution in [2.75, 3.05) is 6.54 Å². The molecule has 2 aromatic rings. The fraction of sp³-hybridized carbons (Fsp3) is 0.267. The van der Waals surface area contributed by atoms with Crippen molar-refractivity contribution in [2.45, 2.75) is 20.4 Å². The third-order valence-electron chi connectivity index (χ3n) is 2.79. The van der Waals surface area contributed by atoms with Gasteiger partial charge in [-0.1, -0.05) is 30.1 Å². The molecule has 0 fully saturated rings. The number of benzene rings is 1. The molecule has 5 heteroatoms. The van der Waals surface area contributed by atoms with Crippen LogP contribution in [-0.4, -0.2) is 11.5 Å². The molecule has 106 valence electrons. The first kappa shape index (κ1) is 15.1. The van der Waals surface area contributed by atoms with Crippen LogP contribution in [0.4, 0.5) is 0 Å². The predicted molar refractivity (Wildman–Crippen MR) is 82.9 cm³/mol. The van der Waals surface area contributed by atoms with E-state index >= 15 is 0 Å². The van der Waals surface area contributed by atoms with Crippen LogP contribution < -0.4 is 10.1 Å². The molecule has 2 rings (SSSR count). The number of ether oxygens (including phenoxy) is 1. The fourth-order valence-electron chi connectivity index (χ4n) is 1.69. The minimum absolute atomic E-state index is 0.518. The molecule has 0 amide bonds. The van der Waals surface area contributed by atoms with Gasteiger partial charge in [-0.25, -0.2) is 4.98 Å². The van der Waals surface area contributed by atoms with Gasteiger partial charge in [0.25, 0.3) is 0 Å². The van der Waals surface area contributed by atoms with Crippen molar-refractivity contribution < 1.29 is 4.74 Å². The van der Waals surface area contributed by atoms with Crippen LogP contribution in [0.3, 0.4) is 0 Å². The Morgan fingerprint density at radius 1 is 1.15 bits per heavy atom. The number of pyridine rings is 1. The van der Waals surface area contributed by atoms with Gasteiger partial charge in [-0.3, -0.25) is 0 Å². The van der Waals surface area contributed by atoms with Crippen molar-refractivity contribution in [3.05, 3.63) is 51.6 Å². The van der Waals surface area contributed by atoms with Crippen molar-refractivity contribution in [1.29, 1.82) is 0 Å². The van der Waals surface area contributed by atoms with Crippen molar-refractivity contribution in [3.63, 3.8) is 0 Å². The normalized spacial score (nSPS) is 10.6. The highest BCUT2D eigenvalue weighted by Gasteiger charge is 2.06. The van der Waals surface area contributed by atoms with E-state index < -0.39 is 0 Å². The Hall–Kier alpha value is -1.29. The highest BCUT2D eigenvalue weighted by molar-refractivity contribution is 6.31. The van der Waals surface area contributed by atoms with Crippen LogP contribution >= 0.6 is 23.2 Å². The Kier molecular flexibility index (Phi) is 5.24. The lowest BCUT2D eigenvalue weighted by Crippen LogP contribution is -2.13. The number of aryl methyl sites for hydroxylation is 1. The second kappa shape index (κ2) is 6.93. The number of aromatic nitrogens is 1. The average molecular weight is 311 g/mol. The minimum Gasteiger partial charge on any atom is -0.439 e. The smallest absolute Gasteiger partial charge is 0.219 e. The van der Waals surface area contributed by atoms with Crippen molar-refractivity contribution in [2.24, 2.45) is 0 Å². The molecule has 3 nitrogen and oxygen atoms in total. The summed E-state index contributed by atoms with van der Waals surface area (Å²) in [6.07, 6.45) is 0. The lowest BCUT2D eigenvalue weighted by Gasteiger charge is -2.09. The average Bonchev–Trinajstić information content (AvgIpc) is 2.43. The van der Waals surface area contributed by atoms with Crippen LogP contribution in [-0.2, 0) is 6.54 Å². The first-order valence-corrected chi connectivity index (χ1v) is 7.16. The molecular formula is C15H16Cl2N2O. The van der Waals surface area contributed by atoms with Crippen LogP contribution in [0.5, 0.6) is 11.6 Å². The maximum atomic E-state index is 6.11. The van der Waals surface area contributed by atoms with Crippen LogP contribution in [0, 0.1) is 6.92 Å². The Labute approximate surface area is 128 Å². The predicted octanol–water partition coefficient (Wildman–Crippen LogP) is 4.60. The summed E-state index contributed by atoms with van der Waals surface area (Å²) >= 11 is 12.1. The maximum Gasteiger partial charge on any atom is 0.219 e. The van der Waals surface area contributed by atoms with Crippen molar-refractivity contribution in [1.82, 2.24) is 10.3 Å². The van der Waals surface area contributed by atoms with E-state index in [0.717, 1.165) is 17.8 Å². The third-order valence-corrected chi connectivity index (χ3v) is 3.56. The van der Waals surface area contributed by atoms with Gasteiger partial charge in [0, 0.05) is 17.6 Å². The van der Waals surface area contributed by atoms with E-state index in [0.29, 0.717) is 28.2 Å². The highest BCUT2D eigenvalue weighted by Crippen LogP contribution is 2.26. The molecule has 0 saturated heterocycles. The zero-order chi connectivity index (χ0) is 14.5. The van der Waals surface area contributed by atoms with E-state index in [2.05, 4.69) is 10.3 Å². The van der Waals surface area contributed by atoms with E-state index in [9.17, 15) is 0 Å². The molecule has 0 radical (unpaired) electrons. The standard InChI is InChI=1S/C15H16Cl2N2O/c1-3-18-9-14-13(17)6-7-15(19-14)20-11-4-5-12(16)10(2)8-11/h4-8,18H,3,9H2,1-2H3. The maximum absolute atomic E-state index is 6.11. The van der Waals surface area contributed by atoms with Crippen molar-refractivity contribution in [3.8, 4) is 11.6 Å². The summed E-state index contributed by atoms with van der Waals surface area (Å²) in [5, 5.41) is 4.54. The molecule has 0 unspecified atom stereocenters. The molecule has 0 bridgehead atoms. The van der Waals surface area contributed by atoms with Gasteiger partial charge in [0.2, 0.25) is 5.88 Å². The summed E-state index contributed by atoms with van der Waals surface area (Å²) in [4.78, 5) is 4.41. The molecule has 0 saturated carbocycles. The van der Waals surface area contributed by atoms with E-state index in [1.807, 2.05) is 32.0 Å². The summed E-state index contributed by atoms with van der Waals surface area (Å²) in [6, 6.07) is 9.04. The van der Waals surface area contributed by atoms with E-state index in [1.165, 1.54) is 0 Å². The summed E-state index contributed by atoms with van der Waals surface area (Å²) in [5.74, 6) is 1.22. The first-order chi connectivity index (χ1) is 9.60. The quantitative estimate of drug-likeness (QED) is 0.876. The van der Waals surface area contributed by atoms with Crippen LogP contribution in [0.25, 0.3) is 0 Å². The van der Waals surface area contributed by atoms with Gasteiger partial charge in [-0.15, -0.1) is 0 Å². The monoisotopic (exact) mass is 310 g/mol. The van der Waals surface area contributed by atoms with Crippen LogP contribution in [0.1, 0.15) is 18.2 Å².